The molecule has 0 aliphatic carbocycles. The van der Waals surface area contributed by atoms with Crippen LogP contribution in [0.3, 0.4) is 0 Å². The van der Waals surface area contributed by atoms with Gasteiger partial charge in [0.15, 0.2) is 0 Å². The number of amides is 1. The molecule has 0 aliphatic heterocycles. The van der Waals surface area contributed by atoms with E-state index < -0.39 is 5.97 Å². The molecule has 0 unspecified atom stereocenters. The van der Waals surface area contributed by atoms with Crippen molar-refractivity contribution in [1.29, 1.82) is 0 Å². The van der Waals surface area contributed by atoms with Gasteiger partial charge >= 0.3 is 5.97 Å². The van der Waals surface area contributed by atoms with Crippen LogP contribution in [0.1, 0.15) is 106 Å². The highest BCUT2D eigenvalue weighted by atomic mass is 32.1. The molecule has 1 aromatic heterocycles. The second-order valence-corrected chi connectivity index (χ2v) is 9.05. The zero-order chi connectivity index (χ0) is 23.4. The third-order valence-corrected chi connectivity index (χ3v) is 6.16. The molecule has 0 atom stereocenters. The molecular formula is C26H42N2O3S. The zero-order valence-corrected chi connectivity index (χ0v) is 20.8. The Hall–Kier alpha value is -1.92. The highest BCUT2D eigenvalue weighted by Crippen LogP contribution is 2.29. The van der Waals surface area contributed by atoms with E-state index in [2.05, 4.69) is 36.5 Å². The summed E-state index contributed by atoms with van der Waals surface area (Å²) in [5.41, 5.74) is 6.07. The number of anilines is 1. The first kappa shape index (κ1) is 28.1. The van der Waals surface area contributed by atoms with Crippen LogP contribution in [0, 0.1) is 0 Å². The van der Waals surface area contributed by atoms with Crippen LogP contribution in [0.4, 0.5) is 5.00 Å². The van der Waals surface area contributed by atoms with Crippen LogP contribution < -0.4 is 11.1 Å². The SMILES string of the molecule is CCCCC/C=C\C/C=C\CCCCCCCC(=O)Nc1sc(CN)cc1C(=O)OCC. The van der Waals surface area contributed by atoms with Gasteiger partial charge in [0, 0.05) is 17.8 Å². The summed E-state index contributed by atoms with van der Waals surface area (Å²) in [5.74, 6) is -0.484. The van der Waals surface area contributed by atoms with Crippen LogP contribution in [-0.2, 0) is 16.1 Å². The fraction of sp³-hybridized carbons (Fsp3) is 0.615. The summed E-state index contributed by atoms with van der Waals surface area (Å²) in [4.78, 5) is 25.2. The van der Waals surface area contributed by atoms with Crippen LogP contribution in [0.25, 0.3) is 0 Å². The smallest absolute Gasteiger partial charge is 0.341 e. The Labute approximate surface area is 198 Å². The lowest BCUT2D eigenvalue weighted by atomic mass is 10.1. The van der Waals surface area contributed by atoms with Gasteiger partial charge in [-0.3, -0.25) is 4.79 Å². The Bertz CT molecular complexity index is 710. The van der Waals surface area contributed by atoms with Gasteiger partial charge in [-0.2, -0.15) is 0 Å². The number of carbonyl (C=O) groups is 2. The summed E-state index contributed by atoms with van der Waals surface area (Å²) in [5, 5.41) is 3.40. The fourth-order valence-electron chi connectivity index (χ4n) is 3.28. The average Bonchev–Trinajstić information content (AvgIpc) is 3.19. The quantitative estimate of drug-likeness (QED) is 0.138. The minimum Gasteiger partial charge on any atom is -0.462 e. The molecule has 5 nitrogen and oxygen atoms in total. The van der Waals surface area contributed by atoms with Gasteiger partial charge in [-0.1, -0.05) is 63.3 Å². The summed E-state index contributed by atoms with van der Waals surface area (Å²) in [7, 11) is 0. The summed E-state index contributed by atoms with van der Waals surface area (Å²) < 4.78 is 5.07. The molecular weight excluding hydrogens is 420 g/mol. The number of rotatable bonds is 18. The lowest BCUT2D eigenvalue weighted by molar-refractivity contribution is -0.116. The molecule has 1 heterocycles. The number of nitrogens with one attached hydrogen (secondary N) is 1. The molecule has 0 aromatic carbocycles. The Kier molecular flexibility index (Phi) is 16.4. The van der Waals surface area contributed by atoms with Gasteiger partial charge in [0.1, 0.15) is 5.00 Å². The molecule has 3 N–H and O–H groups in total. The van der Waals surface area contributed by atoms with Crippen molar-refractivity contribution in [2.24, 2.45) is 5.73 Å². The molecule has 1 amide bonds. The molecule has 32 heavy (non-hydrogen) atoms. The van der Waals surface area contributed by atoms with E-state index in [-0.39, 0.29) is 5.91 Å². The lowest BCUT2D eigenvalue weighted by Crippen LogP contribution is -2.13. The topological polar surface area (TPSA) is 81.4 Å². The summed E-state index contributed by atoms with van der Waals surface area (Å²) in [6.07, 6.45) is 22.3. The molecule has 0 radical (unpaired) electrons. The second-order valence-electron chi connectivity index (χ2n) is 7.91. The minimum absolute atomic E-state index is 0.0633. The number of unbranched alkanes of at least 4 members (excludes halogenated alkanes) is 8. The first-order chi connectivity index (χ1) is 15.6. The van der Waals surface area contributed by atoms with E-state index >= 15 is 0 Å². The average molecular weight is 463 g/mol. The molecule has 0 saturated carbocycles. The Morgan fingerprint density at radius 2 is 1.62 bits per heavy atom. The van der Waals surface area contributed by atoms with Crippen molar-refractivity contribution in [1.82, 2.24) is 0 Å². The largest absolute Gasteiger partial charge is 0.462 e. The maximum absolute atomic E-state index is 12.3. The van der Waals surface area contributed by atoms with Crippen molar-refractivity contribution in [2.75, 3.05) is 11.9 Å². The van der Waals surface area contributed by atoms with Crippen LogP contribution >= 0.6 is 11.3 Å². The molecule has 6 heteroatoms. The van der Waals surface area contributed by atoms with Crippen molar-refractivity contribution in [3.63, 3.8) is 0 Å². The number of ether oxygens (including phenoxy) is 1. The number of allylic oxidation sites excluding steroid dienone is 4. The third-order valence-electron chi connectivity index (χ3n) is 5.09. The molecule has 0 bridgehead atoms. The van der Waals surface area contributed by atoms with Crippen molar-refractivity contribution >= 4 is 28.2 Å². The van der Waals surface area contributed by atoms with Crippen molar-refractivity contribution in [2.45, 2.75) is 97.4 Å². The zero-order valence-electron chi connectivity index (χ0n) is 20.0. The van der Waals surface area contributed by atoms with E-state index in [1.807, 2.05) is 0 Å². The number of esters is 1. The minimum atomic E-state index is -0.421. The van der Waals surface area contributed by atoms with Crippen LogP contribution in [0.15, 0.2) is 30.4 Å². The normalized spacial score (nSPS) is 11.5. The molecule has 0 fully saturated rings. The molecule has 1 aromatic rings. The molecule has 1 rings (SSSR count). The molecule has 0 aliphatic rings. The van der Waals surface area contributed by atoms with Crippen LogP contribution in [-0.4, -0.2) is 18.5 Å². The van der Waals surface area contributed by atoms with E-state index in [1.165, 1.54) is 49.9 Å². The summed E-state index contributed by atoms with van der Waals surface area (Å²) >= 11 is 1.34. The van der Waals surface area contributed by atoms with Gasteiger partial charge in [-0.25, -0.2) is 4.79 Å². The van der Waals surface area contributed by atoms with E-state index in [9.17, 15) is 9.59 Å². The van der Waals surface area contributed by atoms with E-state index in [4.69, 9.17) is 10.5 Å². The van der Waals surface area contributed by atoms with E-state index in [1.54, 1.807) is 13.0 Å². The predicted molar refractivity (Wildman–Crippen MR) is 136 cm³/mol. The monoisotopic (exact) mass is 462 g/mol. The lowest BCUT2D eigenvalue weighted by Gasteiger charge is -2.06. The Morgan fingerprint density at radius 1 is 0.969 bits per heavy atom. The van der Waals surface area contributed by atoms with Gasteiger partial charge in [0.05, 0.1) is 12.2 Å². The highest BCUT2D eigenvalue weighted by Gasteiger charge is 2.18. The first-order valence-electron chi connectivity index (χ1n) is 12.2. The third kappa shape index (κ3) is 12.8. The molecule has 0 spiro atoms. The van der Waals surface area contributed by atoms with E-state index in [0.29, 0.717) is 30.1 Å². The predicted octanol–water partition coefficient (Wildman–Crippen LogP) is 7.14. The van der Waals surface area contributed by atoms with Gasteiger partial charge in [0.25, 0.3) is 0 Å². The van der Waals surface area contributed by atoms with Crippen LogP contribution in [0.5, 0.6) is 0 Å². The maximum Gasteiger partial charge on any atom is 0.341 e. The Morgan fingerprint density at radius 3 is 2.28 bits per heavy atom. The van der Waals surface area contributed by atoms with Gasteiger partial charge in [-0.05, 0) is 51.5 Å². The molecule has 180 valence electrons. The highest BCUT2D eigenvalue weighted by molar-refractivity contribution is 7.16. The summed E-state index contributed by atoms with van der Waals surface area (Å²) in [6.45, 7) is 4.62. The fourth-order valence-corrected chi connectivity index (χ4v) is 4.22. The number of hydrogen-bond donors (Lipinski definition) is 2. The second kappa shape index (κ2) is 18.6. The standard InChI is InChI=1S/C26H42N2O3S/c1-3-5-6-7-8-9-10-11-12-13-14-15-16-17-18-19-24(29)28-25-23(26(30)31-4-2)20-22(21-27)32-25/h8-9,11-12,20H,3-7,10,13-19,21,27H2,1-2H3,(H,28,29)/b9-8-,12-11-. The van der Waals surface area contributed by atoms with Gasteiger partial charge in [-0.15, -0.1) is 11.3 Å². The van der Waals surface area contributed by atoms with Crippen molar-refractivity contribution < 1.29 is 14.3 Å². The maximum atomic E-state index is 12.3. The number of nitrogens with two attached hydrogens (primary N) is 1. The summed E-state index contributed by atoms with van der Waals surface area (Å²) in [6, 6.07) is 1.70. The number of carbonyl (C=O) groups excluding carboxylic acids is 2. The van der Waals surface area contributed by atoms with Gasteiger partial charge < -0.3 is 15.8 Å². The van der Waals surface area contributed by atoms with E-state index in [0.717, 1.165) is 37.0 Å². The van der Waals surface area contributed by atoms with Crippen molar-refractivity contribution in [3.05, 3.63) is 40.8 Å². The van der Waals surface area contributed by atoms with Crippen molar-refractivity contribution in [3.8, 4) is 0 Å². The van der Waals surface area contributed by atoms with Gasteiger partial charge in [0.2, 0.25) is 5.91 Å². The first-order valence-corrected chi connectivity index (χ1v) is 13.0. The Balaban J connectivity index is 2.13. The number of thiophene rings is 1. The van der Waals surface area contributed by atoms with Crippen LogP contribution in [0.2, 0.25) is 0 Å². The number of hydrogen-bond acceptors (Lipinski definition) is 5. The molecule has 0 saturated heterocycles.